The zero-order valence-electron chi connectivity index (χ0n) is 7.33. The van der Waals surface area contributed by atoms with Crippen molar-refractivity contribution < 1.29 is 15.0 Å². The summed E-state index contributed by atoms with van der Waals surface area (Å²) in [4.78, 5) is 10.4. The van der Waals surface area contributed by atoms with Crippen LogP contribution in [0.1, 0.15) is 6.42 Å². The van der Waals surface area contributed by atoms with Crippen LogP contribution in [0.5, 0.6) is 0 Å². The Morgan fingerprint density at radius 1 is 1.57 bits per heavy atom. The van der Waals surface area contributed by atoms with Gasteiger partial charge in [0.1, 0.15) is 6.54 Å². The SMILES string of the molecule is O=C(O)Cn1nnnc1SCCCO. The van der Waals surface area contributed by atoms with E-state index in [1.54, 1.807) is 0 Å². The fourth-order valence-electron chi connectivity index (χ4n) is 0.755. The third-order valence-corrected chi connectivity index (χ3v) is 2.36. The molecule has 0 aliphatic heterocycles. The zero-order chi connectivity index (χ0) is 10.4. The largest absolute Gasteiger partial charge is 0.480 e. The summed E-state index contributed by atoms with van der Waals surface area (Å²) in [5, 5.41) is 28.1. The smallest absolute Gasteiger partial charge is 0.325 e. The number of aliphatic carboxylic acids is 1. The number of carbonyl (C=O) groups is 1. The minimum atomic E-state index is -0.985. The highest BCUT2D eigenvalue weighted by Crippen LogP contribution is 2.13. The van der Waals surface area contributed by atoms with Gasteiger partial charge in [0.15, 0.2) is 0 Å². The first kappa shape index (κ1) is 10.9. The topological polar surface area (TPSA) is 101 Å². The number of tetrazole rings is 1. The second kappa shape index (κ2) is 5.55. The molecule has 0 atom stereocenters. The van der Waals surface area contributed by atoms with Crippen LogP contribution in [0, 0.1) is 0 Å². The Labute approximate surface area is 84.1 Å². The van der Waals surface area contributed by atoms with Gasteiger partial charge in [-0.15, -0.1) is 5.10 Å². The van der Waals surface area contributed by atoms with Gasteiger partial charge in [-0.05, 0) is 16.8 Å². The average molecular weight is 218 g/mol. The minimum Gasteiger partial charge on any atom is -0.480 e. The highest BCUT2D eigenvalue weighted by Gasteiger charge is 2.08. The number of aliphatic hydroxyl groups is 1. The Morgan fingerprint density at radius 2 is 2.36 bits per heavy atom. The van der Waals surface area contributed by atoms with Gasteiger partial charge in [0.2, 0.25) is 5.16 Å². The maximum absolute atomic E-state index is 10.4. The lowest BCUT2D eigenvalue weighted by atomic mass is 10.5. The van der Waals surface area contributed by atoms with Crippen molar-refractivity contribution in [1.82, 2.24) is 20.2 Å². The summed E-state index contributed by atoms with van der Waals surface area (Å²) < 4.78 is 1.21. The molecule has 0 saturated heterocycles. The monoisotopic (exact) mass is 218 g/mol. The standard InChI is InChI=1S/C6H10N4O3S/c11-2-1-3-14-6-7-8-9-10(6)4-5(12)13/h11H,1-4H2,(H,12,13). The van der Waals surface area contributed by atoms with Crippen LogP contribution in [0.25, 0.3) is 0 Å². The molecule has 0 radical (unpaired) electrons. The minimum absolute atomic E-state index is 0.105. The Bertz CT molecular complexity index is 303. The lowest BCUT2D eigenvalue weighted by Gasteiger charge is -1.99. The van der Waals surface area contributed by atoms with Gasteiger partial charge in [-0.2, -0.15) is 0 Å². The van der Waals surface area contributed by atoms with E-state index in [-0.39, 0.29) is 13.2 Å². The van der Waals surface area contributed by atoms with Crippen LogP contribution in [0.2, 0.25) is 0 Å². The van der Waals surface area contributed by atoms with E-state index in [9.17, 15) is 4.79 Å². The molecule has 1 aromatic rings. The van der Waals surface area contributed by atoms with E-state index in [2.05, 4.69) is 15.5 Å². The number of rotatable bonds is 6. The Balaban J connectivity index is 2.49. The zero-order valence-corrected chi connectivity index (χ0v) is 8.14. The maximum Gasteiger partial charge on any atom is 0.325 e. The molecule has 0 fully saturated rings. The first-order valence-electron chi connectivity index (χ1n) is 3.95. The number of hydrogen-bond acceptors (Lipinski definition) is 6. The van der Waals surface area contributed by atoms with E-state index in [0.717, 1.165) is 0 Å². The van der Waals surface area contributed by atoms with Crippen molar-refractivity contribution in [3.63, 3.8) is 0 Å². The van der Waals surface area contributed by atoms with E-state index < -0.39 is 5.97 Å². The molecule has 0 aliphatic carbocycles. The Hall–Kier alpha value is -1.15. The number of carboxylic acid groups (broad SMARTS) is 1. The summed E-state index contributed by atoms with van der Waals surface area (Å²) in [6.45, 7) is -0.137. The third-order valence-electron chi connectivity index (χ3n) is 1.32. The van der Waals surface area contributed by atoms with Crippen LogP contribution in [0.15, 0.2) is 5.16 Å². The quantitative estimate of drug-likeness (QED) is 0.477. The van der Waals surface area contributed by atoms with Gasteiger partial charge >= 0.3 is 5.97 Å². The molecule has 0 bridgehead atoms. The maximum atomic E-state index is 10.4. The molecule has 0 saturated carbocycles. The second-order valence-corrected chi connectivity index (χ2v) is 3.50. The average Bonchev–Trinajstić information content (AvgIpc) is 2.52. The molecule has 0 spiro atoms. The molecular formula is C6H10N4O3S. The Kier molecular flexibility index (Phi) is 4.33. The molecule has 0 aromatic carbocycles. The van der Waals surface area contributed by atoms with Crippen molar-refractivity contribution >= 4 is 17.7 Å². The molecule has 14 heavy (non-hydrogen) atoms. The summed E-state index contributed by atoms with van der Waals surface area (Å²) in [6.07, 6.45) is 0.630. The molecule has 78 valence electrons. The molecule has 2 N–H and O–H groups in total. The second-order valence-electron chi connectivity index (χ2n) is 2.44. The van der Waals surface area contributed by atoms with Gasteiger partial charge in [0.25, 0.3) is 0 Å². The van der Waals surface area contributed by atoms with Crippen molar-refractivity contribution in [3.05, 3.63) is 0 Å². The summed E-state index contributed by atoms with van der Waals surface area (Å²) in [5.74, 6) is -0.322. The van der Waals surface area contributed by atoms with E-state index in [4.69, 9.17) is 10.2 Å². The molecule has 1 rings (SSSR count). The van der Waals surface area contributed by atoms with Crippen LogP contribution < -0.4 is 0 Å². The van der Waals surface area contributed by atoms with Gasteiger partial charge in [0, 0.05) is 12.4 Å². The van der Waals surface area contributed by atoms with Gasteiger partial charge in [0.05, 0.1) is 0 Å². The number of nitrogens with zero attached hydrogens (tertiary/aromatic N) is 4. The number of hydrogen-bond donors (Lipinski definition) is 2. The first-order chi connectivity index (χ1) is 6.74. The van der Waals surface area contributed by atoms with Crippen LogP contribution >= 0.6 is 11.8 Å². The molecule has 1 aromatic heterocycles. The highest BCUT2D eigenvalue weighted by atomic mass is 32.2. The number of aliphatic hydroxyl groups excluding tert-OH is 1. The number of aromatic nitrogens is 4. The van der Waals surface area contributed by atoms with E-state index >= 15 is 0 Å². The van der Waals surface area contributed by atoms with Crippen molar-refractivity contribution in [3.8, 4) is 0 Å². The summed E-state index contributed by atoms with van der Waals surface area (Å²) in [6, 6.07) is 0. The van der Waals surface area contributed by atoms with Crippen LogP contribution in [0.3, 0.4) is 0 Å². The van der Waals surface area contributed by atoms with Crippen LogP contribution in [0.4, 0.5) is 0 Å². The molecular weight excluding hydrogens is 208 g/mol. The predicted octanol–water partition coefficient (Wildman–Crippen LogP) is -0.768. The molecule has 0 unspecified atom stereocenters. The fraction of sp³-hybridized carbons (Fsp3) is 0.667. The lowest BCUT2D eigenvalue weighted by Crippen LogP contribution is -2.11. The molecule has 0 aliphatic rings. The summed E-state index contributed by atoms with van der Waals surface area (Å²) in [5.41, 5.74) is 0. The first-order valence-corrected chi connectivity index (χ1v) is 4.94. The van der Waals surface area contributed by atoms with Crippen molar-refractivity contribution in [2.45, 2.75) is 18.1 Å². The molecule has 1 heterocycles. The van der Waals surface area contributed by atoms with Crippen molar-refractivity contribution in [1.29, 1.82) is 0 Å². The Morgan fingerprint density at radius 3 is 3.00 bits per heavy atom. The van der Waals surface area contributed by atoms with Crippen LogP contribution in [-0.2, 0) is 11.3 Å². The number of thioether (sulfide) groups is 1. The van der Waals surface area contributed by atoms with E-state index in [0.29, 0.717) is 17.3 Å². The summed E-state index contributed by atoms with van der Waals surface area (Å²) >= 11 is 1.32. The van der Waals surface area contributed by atoms with Gasteiger partial charge < -0.3 is 10.2 Å². The van der Waals surface area contributed by atoms with Gasteiger partial charge in [-0.1, -0.05) is 11.8 Å². The summed E-state index contributed by atoms with van der Waals surface area (Å²) in [7, 11) is 0. The third kappa shape index (κ3) is 3.30. The molecule has 7 nitrogen and oxygen atoms in total. The number of carboxylic acids is 1. The van der Waals surface area contributed by atoms with Crippen molar-refractivity contribution in [2.75, 3.05) is 12.4 Å². The predicted molar refractivity (Wildman–Crippen MR) is 47.9 cm³/mol. The molecule has 0 amide bonds. The highest BCUT2D eigenvalue weighted by molar-refractivity contribution is 7.99. The van der Waals surface area contributed by atoms with Gasteiger partial charge in [-0.3, -0.25) is 4.79 Å². The van der Waals surface area contributed by atoms with E-state index in [1.807, 2.05) is 0 Å². The molecule has 8 heteroatoms. The van der Waals surface area contributed by atoms with E-state index in [1.165, 1.54) is 16.4 Å². The normalized spacial score (nSPS) is 10.4. The van der Waals surface area contributed by atoms with Crippen molar-refractivity contribution in [2.24, 2.45) is 0 Å². The fourth-order valence-corrected chi connectivity index (χ4v) is 1.56. The lowest BCUT2D eigenvalue weighted by molar-refractivity contribution is -0.138. The van der Waals surface area contributed by atoms with Crippen LogP contribution in [-0.4, -0.2) is 48.7 Å². The van der Waals surface area contributed by atoms with Gasteiger partial charge in [-0.25, -0.2) is 4.68 Å².